The van der Waals surface area contributed by atoms with Crippen LogP contribution in [0.15, 0.2) is 24.5 Å². The molecule has 4 heteroatoms. The van der Waals surface area contributed by atoms with Crippen LogP contribution < -0.4 is 11.1 Å². The number of anilines is 1. The van der Waals surface area contributed by atoms with Crippen molar-refractivity contribution in [2.24, 2.45) is 0 Å². The molecule has 0 aliphatic carbocycles. The molecule has 2 rings (SSSR count). The number of aryl methyl sites for hydroxylation is 3. The summed E-state index contributed by atoms with van der Waals surface area (Å²) in [6.45, 7) is 6.16. The van der Waals surface area contributed by atoms with Crippen LogP contribution in [0.2, 0.25) is 0 Å². The van der Waals surface area contributed by atoms with Gasteiger partial charge in [-0.2, -0.15) is 0 Å². The van der Waals surface area contributed by atoms with Crippen molar-refractivity contribution in [1.29, 1.82) is 0 Å². The van der Waals surface area contributed by atoms with Gasteiger partial charge in [-0.05, 0) is 50.6 Å². The lowest BCUT2D eigenvalue weighted by atomic mass is 9.96. The molecule has 19 heavy (non-hydrogen) atoms. The van der Waals surface area contributed by atoms with Gasteiger partial charge >= 0.3 is 0 Å². The fourth-order valence-electron chi connectivity index (χ4n) is 2.41. The minimum Gasteiger partial charge on any atom is -0.383 e. The smallest absolute Gasteiger partial charge is 0.128 e. The first kappa shape index (κ1) is 13.5. The van der Waals surface area contributed by atoms with Crippen molar-refractivity contribution in [3.8, 4) is 0 Å². The fourth-order valence-corrected chi connectivity index (χ4v) is 2.41. The van der Waals surface area contributed by atoms with Crippen molar-refractivity contribution in [3.05, 3.63) is 52.5 Å². The van der Waals surface area contributed by atoms with Crippen LogP contribution >= 0.6 is 0 Å². The van der Waals surface area contributed by atoms with Crippen molar-refractivity contribution in [1.82, 2.24) is 15.3 Å². The highest BCUT2D eigenvalue weighted by molar-refractivity contribution is 5.50. The molecule has 3 N–H and O–H groups in total. The van der Waals surface area contributed by atoms with Gasteiger partial charge in [0, 0.05) is 18.0 Å². The molecule has 0 amide bonds. The molecule has 0 radical (unpaired) electrons. The van der Waals surface area contributed by atoms with E-state index in [0.717, 1.165) is 27.9 Å². The Morgan fingerprint density at radius 2 is 1.89 bits per heavy atom. The lowest BCUT2D eigenvalue weighted by molar-refractivity contribution is 0.661. The second-order valence-corrected chi connectivity index (χ2v) is 4.86. The summed E-state index contributed by atoms with van der Waals surface area (Å²) in [5.74, 6) is 0.557. The van der Waals surface area contributed by atoms with Crippen LogP contribution in [-0.4, -0.2) is 17.0 Å². The first-order chi connectivity index (χ1) is 9.04. The molecule has 0 bridgehead atoms. The molecule has 4 nitrogen and oxygen atoms in total. The summed E-state index contributed by atoms with van der Waals surface area (Å²) in [6.07, 6.45) is 3.62. The zero-order valence-electron chi connectivity index (χ0n) is 11.9. The van der Waals surface area contributed by atoms with Gasteiger partial charge in [0.05, 0.1) is 11.7 Å². The Labute approximate surface area is 114 Å². The maximum Gasteiger partial charge on any atom is 0.128 e. The summed E-state index contributed by atoms with van der Waals surface area (Å²) < 4.78 is 0. The topological polar surface area (TPSA) is 63.8 Å². The number of aromatic nitrogens is 2. The molecule has 1 unspecified atom stereocenters. The molecule has 100 valence electrons. The fraction of sp³-hybridized carbons (Fsp3) is 0.333. The zero-order valence-corrected chi connectivity index (χ0v) is 11.9. The quantitative estimate of drug-likeness (QED) is 0.884. The summed E-state index contributed by atoms with van der Waals surface area (Å²) in [6, 6.07) is 4.07. The highest BCUT2D eigenvalue weighted by Crippen LogP contribution is 2.28. The molecule has 0 fully saturated rings. The third-order valence-corrected chi connectivity index (χ3v) is 3.35. The highest BCUT2D eigenvalue weighted by atomic mass is 14.9. The third-order valence-electron chi connectivity index (χ3n) is 3.35. The summed E-state index contributed by atoms with van der Waals surface area (Å²) in [7, 11) is 1.91. The molecule has 2 aromatic heterocycles. The molecule has 0 spiro atoms. The van der Waals surface area contributed by atoms with Crippen LogP contribution in [0.5, 0.6) is 0 Å². The van der Waals surface area contributed by atoms with E-state index in [2.05, 4.69) is 28.3 Å². The Bertz CT molecular complexity index is 572. The predicted octanol–water partition coefficient (Wildman–Crippen LogP) is 2.29. The molecule has 2 heterocycles. The van der Waals surface area contributed by atoms with Gasteiger partial charge in [-0.1, -0.05) is 6.07 Å². The SMILES string of the molecule is CNC(c1ncc(C)cc1C)c1c(C)ccnc1N. The Balaban J connectivity index is 2.56. The Morgan fingerprint density at radius 3 is 2.47 bits per heavy atom. The monoisotopic (exact) mass is 256 g/mol. The lowest BCUT2D eigenvalue weighted by Crippen LogP contribution is -2.22. The number of nitrogens with zero attached hydrogens (tertiary/aromatic N) is 2. The molecule has 0 aliphatic heterocycles. The summed E-state index contributed by atoms with van der Waals surface area (Å²) in [5, 5.41) is 3.29. The van der Waals surface area contributed by atoms with Crippen molar-refractivity contribution in [2.45, 2.75) is 26.8 Å². The highest BCUT2D eigenvalue weighted by Gasteiger charge is 2.20. The molecule has 1 atom stereocenters. The molecule has 0 aromatic carbocycles. The number of nitrogens with two attached hydrogens (primary N) is 1. The maximum atomic E-state index is 6.04. The molecule has 0 saturated heterocycles. The lowest BCUT2D eigenvalue weighted by Gasteiger charge is -2.21. The molecular formula is C15H20N4. The Morgan fingerprint density at radius 1 is 1.16 bits per heavy atom. The van der Waals surface area contributed by atoms with E-state index in [9.17, 15) is 0 Å². The van der Waals surface area contributed by atoms with Gasteiger partial charge in [0.1, 0.15) is 5.82 Å². The van der Waals surface area contributed by atoms with Gasteiger partial charge in [0.15, 0.2) is 0 Å². The average Bonchev–Trinajstić information content (AvgIpc) is 2.35. The van der Waals surface area contributed by atoms with Gasteiger partial charge in [0.2, 0.25) is 0 Å². The van der Waals surface area contributed by atoms with Crippen molar-refractivity contribution in [2.75, 3.05) is 12.8 Å². The van der Waals surface area contributed by atoms with Gasteiger partial charge in [-0.3, -0.25) is 4.98 Å². The standard InChI is InChI=1S/C15H20N4/c1-9-7-11(3)13(19-8-9)14(17-4)12-10(2)5-6-18-15(12)16/h5-8,14,17H,1-4H3,(H2,16,18). The summed E-state index contributed by atoms with van der Waals surface area (Å²) in [5.41, 5.74) is 11.5. The zero-order chi connectivity index (χ0) is 14.0. The van der Waals surface area contributed by atoms with Crippen LogP contribution in [0.4, 0.5) is 5.82 Å². The first-order valence-corrected chi connectivity index (χ1v) is 6.36. The number of hydrogen-bond donors (Lipinski definition) is 2. The van der Waals surface area contributed by atoms with Crippen LogP contribution in [-0.2, 0) is 0 Å². The van der Waals surface area contributed by atoms with Crippen LogP contribution in [0.25, 0.3) is 0 Å². The molecule has 2 aromatic rings. The van der Waals surface area contributed by atoms with Crippen molar-refractivity contribution >= 4 is 5.82 Å². The second kappa shape index (κ2) is 5.36. The maximum absolute atomic E-state index is 6.04. The van der Waals surface area contributed by atoms with Crippen molar-refractivity contribution < 1.29 is 0 Å². The average molecular weight is 256 g/mol. The number of nitrogen functional groups attached to an aromatic ring is 1. The van der Waals surface area contributed by atoms with Gasteiger partial charge in [0.25, 0.3) is 0 Å². The van der Waals surface area contributed by atoms with E-state index >= 15 is 0 Å². The van der Waals surface area contributed by atoms with E-state index in [1.165, 1.54) is 0 Å². The number of pyridine rings is 2. The van der Waals surface area contributed by atoms with E-state index < -0.39 is 0 Å². The molecule has 0 aliphatic rings. The third kappa shape index (κ3) is 2.58. The normalized spacial score (nSPS) is 12.4. The van der Waals surface area contributed by atoms with E-state index in [0.29, 0.717) is 5.82 Å². The van der Waals surface area contributed by atoms with Crippen LogP contribution in [0.1, 0.15) is 34.0 Å². The van der Waals surface area contributed by atoms with E-state index in [4.69, 9.17) is 5.73 Å². The van der Waals surface area contributed by atoms with Gasteiger partial charge in [-0.15, -0.1) is 0 Å². The number of hydrogen-bond acceptors (Lipinski definition) is 4. The number of nitrogens with one attached hydrogen (secondary N) is 1. The molecule has 0 saturated carbocycles. The molecular weight excluding hydrogens is 236 g/mol. The van der Waals surface area contributed by atoms with Crippen molar-refractivity contribution in [3.63, 3.8) is 0 Å². The Kier molecular flexibility index (Phi) is 3.81. The van der Waals surface area contributed by atoms with Crippen LogP contribution in [0.3, 0.4) is 0 Å². The minimum absolute atomic E-state index is 0.0331. The minimum atomic E-state index is -0.0331. The predicted molar refractivity (Wildman–Crippen MR) is 78.0 cm³/mol. The second-order valence-electron chi connectivity index (χ2n) is 4.86. The Hall–Kier alpha value is -1.94. The van der Waals surface area contributed by atoms with Gasteiger partial charge < -0.3 is 11.1 Å². The summed E-state index contributed by atoms with van der Waals surface area (Å²) in [4.78, 5) is 8.75. The summed E-state index contributed by atoms with van der Waals surface area (Å²) >= 11 is 0. The number of rotatable bonds is 3. The first-order valence-electron chi connectivity index (χ1n) is 6.36. The van der Waals surface area contributed by atoms with E-state index in [-0.39, 0.29) is 6.04 Å². The van der Waals surface area contributed by atoms with Gasteiger partial charge in [-0.25, -0.2) is 4.98 Å². The van der Waals surface area contributed by atoms with E-state index in [1.807, 2.05) is 33.2 Å². The largest absolute Gasteiger partial charge is 0.383 e. The van der Waals surface area contributed by atoms with E-state index in [1.54, 1.807) is 6.20 Å². The van der Waals surface area contributed by atoms with Crippen LogP contribution in [0, 0.1) is 20.8 Å².